The second kappa shape index (κ2) is 7.40. The molecule has 1 heterocycles. The average molecular weight is 388 g/mol. The number of benzene rings is 2. The lowest BCUT2D eigenvalue weighted by Gasteiger charge is -2.26. The minimum Gasteiger partial charge on any atom is -0.379 e. The summed E-state index contributed by atoms with van der Waals surface area (Å²) < 4.78 is 30.3. The van der Waals surface area contributed by atoms with Gasteiger partial charge in [0.15, 0.2) is 0 Å². The molecule has 0 aromatic heterocycles. The summed E-state index contributed by atoms with van der Waals surface area (Å²) in [5.41, 5.74) is 1.77. The van der Waals surface area contributed by atoms with Crippen molar-refractivity contribution in [1.82, 2.24) is 10.2 Å². The molecule has 142 valence electrons. The molecule has 0 radical (unpaired) electrons. The van der Waals surface area contributed by atoms with Crippen LogP contribution < -0.4 is 9.50 Å². The van der Waals surface area contributed by atoms with E-state index in [2.05, 4.69) is 5.32 Å². The number of amides is 2. The molecule has 0 bridgehead atoms. The Kier molecular flexibility index (Phi) is 5.18. The van der Waals surface area contributed by atoms with Gasteiger partial charge >= 0.3 is 10.1 Å². The SMILES string of the molecule is Cc1ccc(C)c(S(=O)(=O)Oc2ccc(C(=O)N3CCNC(=O)C3)cc2)c1. The summed E-state index contributed by atoms with van der Waals surface area (Å²) in [5.74, 6) is -0.369. The molecule has 2 aromatic rings. The van der Waals surface area contributed by atoms with Gasteiger partial charge in [0.25, 0.3) is 5.91 Å². The molecule has 1 aliphatic rings. The number of piperazine rings is 1. The van der Waals surface area contributed by atoms with Crippen LogP contribution in [-0.2, 0) is 14.9 Å². The number of rotatable bonds is 4. The Bertz CT molecular complexity index is 984. The molecule has 7 nitrogen and oxygen atoms in total. The molecular weight excluding hydrogens is 368 g/mol. The fourth-order valence-electron chi connectivity index (χ4n) is 2.80. The molecule has 1 aliphatic heterocycles. The summed E-state index contributed by atoms with van der Waals surface area (Å²) in [5, 5.41) is 2.66. The Hall–Kier alpha value is -2.87. The van der Waals surface area contributed by atoms with E-state index in [9.17, 15) is 18.0 Å². The van der Waals surface area contributed by atoms with Gasteiger partial charge in [-0.1, -0.05) is 12.1 Å². The third-order valence-corrected chi connectivity index (χ3v) is 5.64. The van der Waals surface area contributed by atoms with Crippen LogP contribution >= 0.6 is 0 Å². The minimum atomic E-state index is -3.98. The van der Waals surface area contributed by atoms with Crippen LogP contribution in [0.15, 0.2) is 47.4 Å². The standard InChI is InChI=1S/C19H20N2O5S/c1-13-3-4-14(2)17(11-13)27(24,25)26-16-7-5-15(6-8-16)19(23)21-10-9-20-18(22)12-21/h3-8,11H,9-10,12H2,1-2H3,(H,20,22). The van der Waals surface area contributed by atoms with Crippen LogP contribution in [0.3, 0.4) is 0 Å². The Morgan fingerprint density at radius 1 is 1.11 bits per heavy atom. The Balaban J connectivity index is 1.76. The maximum absolute atomic E-state index is 12.5. The quantitative estimate of drug-likeness (QED) is 0.804. The highest BCUT2D eigenvalue weighted by Crippen LogP contribution is 2.23. The molecule has 0 unspecified atom stereocenters. The molecule has 0 spiro atoms. The lowest BCUT2D eigenvalue weighted by molar-refractivity contribution is -0.123. The third kappa shape index (κ3) is 4.28. The second-order valence-electron chi connectivity index (χ2n) is 6.41. The first-order valence-corrected chi connectivity index (χ1v) is 9.85. The average Bonchev–Trinajstić information content (AvgIpc) is 2.63. The summed E-state index contributed by atoms with van der Waals surface area (Å²) >= 11 is 0. The second-order valence-corrected chi connectivity index (χ2v) is 7.92. The van der Waals surface area contributed by atoms with Crippen LogP contribution in [-0.4, -0.2) is 44.8 Å². The van der Waals surface area contributed by atoms with E-state index in [1.165, 1.54) is 29.2 Å². The Morgan fingerprint density at radius 2 is 1.81 bits per heavy atom. The first-order valence-electron chi connectivity index (χ1n) is 8.44. The molecule has 1 fully saturated rings. The van der Waals surface area contributed by atoms with Crippen LogP contribution in [0.2, 0.25) is 0 Å². The van der Waals surface area contributed by atoms with Gasteiger partial charge in [0.05, 0.1) is 6.54 Å². The van der Waals surface area contributed by atoms with Crippen molar-refractivity contribution in [2.45, 2.75) is 18.7 Å². The number of nitrogens with zero attached hydrogens (tertiary/aromatic N) is 1. The molecule has 1 N–H and O–H groups in total. The van der Waals surface area contributed by atoms with Crippen molar-refractivity contribution in [3.8, 4) is 5.75 Å². The zero-order valence-corrected chi connectivity index (χ0v) is 15.9. The van der Waals surface area contributed by atoms with Gasteiger partial charge in [-0.25, -0.2) is 0 Å². The van der Waals surface area contributed by atoms with Gasteiger partial charge in [-0.2, -0.15) is 8.42 Å². The number of hydrogen-bond acceptors (Lipinski definition) is 5. The van der Waals surface area contributed by atoms with Gasteiger partial charge in [0, 0.05) is 18.7 Å². The molecule has 2 amide bonds. The smallest absolute Gasteiger partial charge is 0.339 e. The van der Waals surface area contributed by atoms with Crippen LogP contribution in [0.5, 0.6) is 5.75 Å². The van der Waals surface area contributed by atoms with Gasteiger partial charge in [-0.15, -0.1) is 0 Å². The van der Waals surface area contributed by atoms with Gasteiger partial charge in [-0.05, 0) is 55.3 Å². The number of nitrogens with one attached hydrogen (secondary N) is 1. The van der Waals surface area contributed by atoms with Crippen molar-refractivity contribution in [3.05, 3.63) is 59.2 Å². The summed E-state index contributed by atoms with van der Waals surface area (Å²) in [6.45, 7) is 4.37. The van der Waals surface area contributed by atoms with Crippen LogP contribution in [0, 0.1) is 13.8 Å². The predicted octanol–water partition coefficient (Wildman–Crippen LogP) is 1.64. The number of aryl methyl sites for hydroxylation is 2. The van der Waals surface area contributed by atoms with Crippen LogP contribution in [0.4, 0.5) is 0 Å². The largest absolute Gasteiger partial charge is 0.379 e. The van der Waals surface area contributed by atoms with E-state index in [0.717, 1.165) is 5.56 Å². The first kappa shape index (κ1) is 18.9. The van der Waals surface area contributed by atoms with E-state index < -0.39 is 10.1 Å². The van der Waals surface area contributed by atoms with Crippen molar-refractivity contribution < 1.29 is 22.2 Å². The Labute approximate surface area is 158 Å². The van der Waals surface area contributed by atoms with Crippen molar-refractivity contribution in [2.24, 2.45) is 0 Å². The highest BCUT2D eigenvalue weighted by Gasteiger charge is 2.23. The van der Waals surface area contributed by atoms with Gasteiger partial charge in [0.1, 0.15) is 10.6 Å². The predicted molar refractivity (Wildman–Crippen MR) is 99.1 cm³/mol. The van der Waals surface area contributed by atoms with E-state index in [1.807, 2.05) is 6.07 Å². The topological polar surface area (TPSA) is 92.8 Å². The highest BCUT2D eigenvalue weighted by atomic mass is 32.2. The molecule has 0 atom stereocenters. The molecule has 8 heteroatoms. The zero-order valence-electron chi connectivity index (χ0n) is 15.1. The summed E-state index contributed by atoms with van der Waals surface area (Å²) in [4.78, 5) is 25.4. The molecule has 1 saturated heterocycles. The first-order chi connectivity index (χ1) is 12.8. The van der Waals surface area contributed by atoms with E-state index >= 15 is 0 Å². The molecule has 2 aromatic carbocycles. The van der Waals surface area contributed by atoms with Gasteiger partial charge in [-0.3, -0.25) is 9.59 Å². The van der Waals surface area contributed by atoms with E-state index in [1.54, 1.807) is 26.0 Å². The number of carbonyl (C=O) groups is 2. The number of hydrogen-bond donors (Lipinski definition) is 1. The minimum absolute atomic E-state index is 0.0120. The molecule has 0 saturated carbocycles. The lowest BCUT2D eigenvalue weighted by Crippen LogP contribution is -2.49. The monoisotopic (exact) mass is 388 g/mol. The molecule has 3 rings (SSSR count). The van der Waals surface area contributed by atoms with E-state index in [4.69, 9.17) is 4.18 Å². The van der Waals surface area contributed by atoms with E-state index in [-0.39, 0.29) is 29.0 Å². The van der Waals surface area contributed by atoms with Gasteiger partial charge < -0.3 is 14.4 Å². The van der Waals surface area contributed by atoms with Gasteiger partial charge in [0.2, 0.25) is 5.91 Å². The van der Waals surface area contributed by atoms with Crippen LogP contribution in [0.25, 0.3) is 0 Å². The fourth-order valence-corrected chi connectivity index (χ4v) is 4.04. The summed E-state index contributed by atoms with van der Waals surface area (Å²) in [7, 11) is -3.98. The van der Waals surface area contributed by atoms with Crippen molar-refractivity contribution in [1.29, 1.82) is 0 Å². The Morgan fingerprint density at radius 3 is 2.48 bits per heavy atom. The summed E-state index contributed by atoms with van der Waals surface area (Å²) in [6, 6.07) is 11.0. The molecule has 0 aliphatic carbocycles. The van der Waals surface area contributed by atoms with Crippen molar-refractivity contribution in [3.63, 3.8) is 0 Å². The highest BCUT2D eigenvalue weighted by molar-refractivity contribution is 7.87. The van der Waals surface area contributed by atoms with Crippen molar-refractivity contribution >= 4 is 21.9 Å². The number of carbonyl (C=O) groups excluding carboxylic acids is 2. The van der Waals surface area contributed by atoms with Crippen molar-refractivity contribution in [2.75, 3.05) is 19.6 Å². The molecular formula is C19H20N2O5S. The fraction of sp³-hybridized carbons (Fsp3) is 0.263. The molecule has 27 heavy (non-hydrogen) atoms. The zero-order chi connectivity index (χ0) is 19.6. The summed E-state index contributed by atoms with van der Waals surface area (Å²) in [6.07, 6.45) is 0. The maximum Gasteiger partial charge on any atom is 0.339 e. The lowest BCUT2D eigenvalue weighted by atomic mass is 10.2. The normalized spacial score (nSPS) is 14.6. The van der Waals surface area contributed by atoms with E-state index in [0.29, 0.717) is 24.2 Å². The maximum atomic E-state index is 12.5. The van der Waals surface area contributed by atoms with Crippen LogP contribution in [0.1, 0.15) is 21.5 Å². The third-order valence-electron chi connectivity index (χ3n) is 4.25.